The molecule has 0 bridgehead atoms. The van der Waals surface area contributed by atoms with Gasteiger partial charge in [0.05, 0.1) is 22.2 Å². The normalized spacial score (nSPS) is 12.3. The molecule has 1 aromatic heterocycles. The summed E-state index contributed by atoms with van der Waals surface area (Å²) in [6.45, 7) is 0.164. The van der Waals surface area contributed by atoms with Gasteiger partial charge in [0.2, 0.25) is 5.62 Å². The number of aryl methyl sites for hydroxylation is 4. The van der Waals surface area contributed by atoms with E-state index in [1.54, 1.807) is 27.3 Å². The molecule has 0 atom stereocenters. The van der Waals surface area contributed by atoms with E-state index < -0.39 is 23.5 Å². The molecule has 0 saturated heterocycles. The summed E-state index contributed by atoms with van der Waals surface area (Å²) in [6.07, 6.45) is -8.99. The van der Waals surface area contributed by atoms with Crippen LogP contribution in [0.5, 0.6) is 0 Å². The smallest absolute Gasteiger partial charge is 0.310 e. The Hall–Kier alpha value is -3.79. The van der Waals surface area contributed by atoms with Gasteiger partial charge in [0.15, 0.2) is 0 Å². The van der Waals surface area contributed by atoms with E-state index in [4.69, 9.17) is 5.41 Å². The Kier molecular flexibility index (Phi) is 7.87. The third kappa shape index (κ3) is 5.98. The quantitative estimate of drug-likeness (QED) is 0.174. The molecule has 0 radical (unpaired) electrons. The number of hydrogen-bond acceptors (Lipinski definition) is 1. The Bertz CT molecular complexity index is 1760. The molecule has 212 valence electrons. The van der Waals surface area contributed by atoms with E-state index in [2.05, 4.69) is 15.9 Å². The minimum Gasteiger partial charge on any atom is -0.310 e. The summed E-state index contributed by atoms with van der Waals surface area (Å²) >= 11 is 3.55. The highest BCUT2D eigenvalue weighted by Crippen LogP contribution is 2.34. The van der Waals surface area contributed by atoms with Crippen LogP contribution in [0.3, 0.4) is 0 Å². The lowest BCUT2D eigenvalue weighted by Gasteiger charge is -2.13. The summed E-state index contributed by atoms with van der Waals surface area (Å²) in [5, 5.41) is 8.95. The molecule has 3 nitrogen and oxygen atoms in total. The number of imidazole rings is 1. The Balaban J connectivity index is 1.58. The van der Waals surface area contributed by atoms with Gasteiger partial charge in [0, 0.05) is 17.6 Å². The van der Waals surface area contributed by atoms with E-state index >= 15 is 0 Å². The Morgan fingerprint density at radius 1 is 0.610 bits per heavy atom. The van der Waals surface area contributed by atoms with Crippen LogP contribution in [0.15, 0.2) is 95.5 Å². The third-order valence-corrected chi connectivity index (χ3v) is 7.80. The van der Waals surface area contributed by atoms with Crippen LogP contribution in [0.1, 0.15) is 22.3 Å². The highest BCUT2D eigenvalue weighted by molar-refractivity contribution is 9.10. The summed E-state index contributed by atoms with van der Waals surface area (Å²) in [5.74, 6) is 0. The van der Waals surface area contributed by atoms with Crippen molar-refractivity contribution in [3.05, 3.63) is 123 Å². The van der Waals surface area contributed by atoms with E-state index in [0.29, 0.717) is 11.0 Å². The first-order valence-electron chi connectivity index (χ1n) is 12.8. The van der Waals surface area contributed by atoms with Crippen molar-refractivity contribution in [3.8, 4) is 11.1 Å². The van der Waals surface area contributed by atoms with Crippen LogP contribution in [0.25, 0.3) is 22.2 Å². The highest BCUT2D eigenvalue weighted by atomic mass is 79.9. The predicted molar refractivity (Wildman–Crippen MR) is 149 cm³/mol. The van der Waals surface area contributed by atoms with Crippen LogP contribution >= 0.6 is 15.9 Å². The van der Waals surface area contributed by atoms with Crippen LogP contribution in [0, 0.1) is 5.41 Å². The molecular formula is C31H24BrF6N3. The van der Waals surface area contributed by atoms with Crippen molar-refractivity contribution in [1.82, 2.24) is 9.13 Å². The van der Waals surface area contributed by atoms with E-state index in [1.807, 2.05) is 36.4 Å². The van der Waals surface area contributed by atoms with Crippen LogP contribution in [0.2, 0.25) is 0 Å². The second kappa shape index (κ2) is 11.2. The second-order valence-electron chi connectivity index (χ2n) is 9.62. The second-order valence-corrected chi connectivity index (χ2v) is 10.5. The lowest BCUT2D eigenvalue weighted by molar-refractivity contribution is -0.139. The fraction of sp³-hybridized carbons (Fsp3) is 0.194. The maximum absolute atomic E-state index is 13.6. The van der Waals surface area contributed by atoms with Crippen molar-refractivity contribution in [2.24, 2.45) is 0 Å². The minimum atomic E-state index is -4.52. The number of nitrogens with one attached hydrogen (secondary N) is 1. The van der Waals surface area contributed by atoms with Gasteiger partial charge in [-0.05, 0) is 65.4 Å². The molecule has 0 aliphatic rings. The van der Waals surface area contributed by atoms with E-state index in [0.717, 1.165) is 27.7 Å². The summed E-state index contributed by atoms with van der Waals surface area (Å²) in [6, 6.07) is 23.8. The van der Waals surface area contributed by atoms with E-state index in [9.17, 15) is 26.3 Å². The van der Waals surface area contributed by atoms with Crippen LogP contribution in [-0.2, 0) is 38.3 Å². The molecule has 0 spiro atoms. The van der Waals surface area contributed by atoms with Crippen molar-refractivity contribution < 1.29 is 26.3 Å². The first kappa shape index (κ1) is 28.7. The molecule has 1 heterocycles. The predicted octanol–water partition coefficient (Wildman–Crippen LogP) is 8.87. The van der Waals surface area contributed by atoms with Gasteiger partial charge < -0.3 is 9.13 Å². The molecule has 0 aliphatic carbocycles. The summed E-state index contributed by atoms with van der Waals surface area (Å²) in [5.41, 5.74) is 1.69. The number of hydrogen-bond donors (Lipinski definition) is 1. The first-order chi connectivity index (χ1) is 19.4. The van der Waals surface area contributed by atoms with Gasteiger partial charge in [-0.2, -0.15) is 26.3 Å². The zero-order valence-corrected chi connectivity index (χ0v) is 23.1. The van der Waals surface area contributed by atoms with E-state index in [1.165, 1.54) is 24.3 Å². The zero-order chi connectivity index (χ0) is 29.4. The lowest BCUT2D eigenvalue weighted by Crippen LogP contribution is -2.26. The molecule has 4 aromatic carbocycles. The molecule has 5 rings (SSSR count). The fourth-order valence-corrected chi connectivity index (χ4v) is 5.67. The van der Waals surface area contributed by atoms with Gasteiger partial charge in [-0.15, -0.1) is 0 Å². The molecule has 10 heteroatoms. The van der Waals surface area contributed by atoms with Crippen molar-refractivity contribution in [2.45, 2.75) is 38.3 Å². The highest BCUT2D eigenvalue weighted by Gasteiger charge is 2.33. The Labute approximate surface area is 240 Å². The maximum Gasteiger partial charge on any atom is 0.416 e. The Morgan fingerprint density at radius 3 is 1.63 bits per heavy atom. The number of rotatable bonds is 7. The molecule has 0 saturated carbocycles. The molecule has 5 aromatic rings. The standard InChI is InChI=1S/C31H24BrF6N3/c32-26-12-6-3-9-23(26)22-13-14-27-28(19-22)41(18-16-21-8-2-5-11-25(21)31(36,37)38)29(39)40(27)17-15-20-7-1-4-10-24(20)30(33,34)35/h1-14,19,39H,15-18H2. The number of aromatic nitrogens is 2. The number of nitrogens with zero attached hydrogens (tertiary/aromatic N) is 2. The first-order valence-corrected chi connectivity index (χ1v) is 13.6. The average molecular weight is 632 g/mol. The summed E-state index contributed by atoms with van der Waals surface area (Å²) in [4.78, 5) is 0. The number of alkyl halides is 6. The topological polar surface area (TPSA) is 33.7 Å². The van der Waals surface area contributed by atoms with Crippen molar-refractivity contribution in [1.29, 1.82) is 5.41 Å². The molecule has 0 unspecified atom stereocenters. The van der Waals surface area contributed by atoms with Gasteiger partial charge in [-0.25, -0.2) is 0 Å². The van der Waals surface area contributed by atoms with Gasteiger partial charge in [0.1, 0.15) is 0 Å². The number of halogens is 7. The SMILES string of the molecule is N=c1n(CCc2ccccc2C(F)(F)F)c2ccc(-c3ccccc3Br)cc2n1CCc1ccccc1C(F)(F)F. The molecule has 0 aliphatic heterocycles. The fourth-order valence-electron chi connectivity index (χ4n) is 5.15. The van der Waals surface area contributed by atoms with Gasteiger partial charge in [-0.1, -0.05) is 76.6 Å². The third-order valence-electron chi connectivity index (χ3n) is 7.11. The van der Waals surface area contributed by atoms with Crippen molar-refractivity contribution in [3.63, 3.8) is 0 Å². The summed E-state index contributed by atoms with van der Waals surface area (Å²) < 4.78 is 85.8. The van der Waals surface area contributed by atoms with Crippen LogP contribution in [0.4, 0.5) is 26.3 Å². The molecule has 41 heavy (non-hydrogen) atoms. The number of benzene rings is 4. The van der Waals surface area contributed by atoms with Gasteiger partial charge >= 0.3 is 12.4 Å². The molecule has 0 amide bonds. The van der Waals surface area contributed by atoms with Crippen LogP contribution in [-0.4, -0.2) is 9.13 Å². The van der Waals surface area contributed by atoms with Crippen LogP contribution < -0.4 is 5.62 Å². The van der Waals surface area contributed by atoms with E-state index in [-0.39, 0.29) is 42.7 Å². The van der Waals surface area contributed by atoms with Gasteiger partial charge in [-0.3, -0.25) is 5.41 Å². The molecule has 1 N–H and O–H groups in total. The monoisotopic (exact) mass is 631 g/mol. The maximum atomic E-state index is 13.6. The lowest BCUT2D eigenvalue weighted by atomic mass is 10.0. The van der Waals surface area contributed by atoms with Crippen molar-refractivity contribution >= 4 is 27.0 Å². The minimum absolute atomic E-state index is 0.00161. The Morgan fingerprint density at radius 2 is 1.10 bits per heavy atom. The zero-order valence-electron chi connectivity index (χ0n) is 21.5. The summed E-state index contributed by atoms with van der Waals surface area (Å²) in [7, 11) is 0. The van der Waals surface area contributed by atoms with Crippen molar-refractivity contribution in [2.75, 3.05) is 0 Å². The number of fused-ring (bicyclic) bond motifs is 1. The van der Waals surface area contributed by atoms with Gasteiger partial charge in [0.25, 0.3) is 0 Å². The largest absolute Gasteiger partial charge is 0.416 e. The average Bonchev–Trinajstić information content (AvgIpc) is 3.19. The molecular weight excluding hydrogens is 608 g/mol. The molecule has 0 fully saturated rings.